The number of aromatic nitrogens is 1. The van der Waals surface area contributed by atoms with E-state index in [0.717, 1.165) is 21.8 Å². The van der Waals surface area contributed by atoms with Crippen molar-refractivity contribution in [1.29, 1.82) is 0 Å². The first kappa shape index (κ1) is 18.5. The summed E-state index contributed by atoms with van der Waals surface area (Å²) in [6, 6.07) is 11.6. The van der Waals surface area contributed by atoms with Gasteiger partial charge in [-0.3, -0.25) is 9.71 Å². The fourth-order valence-corrected chi connectivity index (χ4v) is 4.40. The van der Waals surface area contributed by atoms with Crippen molar-refractivity contribution in [2.24, 2.45) is 0 Å². The Kier molecular flexibility index (Phi) is 4.20. The minimum atomic E-state index is -4.80. The lowest BCUT2D eigenvalue weighted by Crippen LogP contribution is -2.40. The Balaban J connectivity index is 1.84. The number of anilines is 1. The lowest BCUT2D eigenvalue weighted by atomic mass is 9.95. The molecule has 4 rings (SSSR count). The second-order valence-electron chi connectivity index (χ2n) is 6.25. The van der Waals surface area contributed by atoms with Crippen LogP contribution < -0.4 is 9.46 Å². The van der Waals surface area contributed by atoms with Crippen LogP contribution >= 0.6 is 0 Å². The molecule has 0 spiro atoms. The van der Waals surface area contributed by atoms with Crippen molar-refractivity contribution in [2.45, 2.75) is 12.4 Å². The number of halogens is 3. The van der Waals surface area contributed by atoms with Gasteiger partial charge in [-0.1, -0.05) is 30.3 Å². The second kappa shape index (κ2) is 6.35. The van der Waals surface area contributed by atoms with Gasteiger partial charge in [0.15, 0.2) is 0 Å². The number of rotatable bonds is 2. The molecule has 1 aromatic heterocycles. The largest absolute Gasteiger partial charge is 0.573 e. The number of pyridine rings is 1. The van der Waals surface area contributed by atoms with E-state index in [1.165, 1.54) is 19.2 Å². The average molecular weight is 409 g/mol. The maximum absolute atomic E-state index is 12.6. The molecule has 0 bridgehead atoms. The van der Waals surface area contributed by atoms with E-state index in [4.69, 9.17) is 0 Å². The number of fused-ring (bicyclic) bond motifs is 3. The Labute approximate surface area is 158 Å². The Morgan fingerprint density at radius 3 is 2.50 bits per heavy atom. The molecule has 0 saturated carbocycles. The summed E-state index contributed by atoms with van der Waals surface area (Å²) in [6.07, 6.45) is -3.24. The van der Waals surface area contributed by atoms with Crippen LogP contribution in [0.5, 0.6) is 5.75 Å². The van der Waals surface area contributed by atoms with E-state index < -0.39 is 22.6 Å². The molecule has 0 amide bonds. The first-order valence-corrected chi connectivity index (χ1v) is 9.59. The van der Waals surface area contributed by atoms with E-state index in [1.54, 1.807) is 18.3 Å². The van der Waals surface area contributed by atoms with Crippen molar-refractivity contribution in [2.75, 3.05) is 11.8 Å². The first-order valence-electron chi connectivity index (χ1n) is 8.15. The molecular weight excluding hydrogens is 395 g/mol. The summed E-state index contributed by atoms with van der Waals surface area (Å²) in [5, 5.41) is 0.765. The summed E-state index contributed by atoms with van der Waals surface area (Å²) < 4.78 is 70.0. The molecule has 28 heavy (non-hydrogen) atoms. The Hall–Kier alpha value is -2.85. The molecular formula is C18H14F3N3O3S. The van der Waals surface area contributed by atoms with E-state index in [9.17, 15) is 21.6 Å². The highest BCUT2D eigenvalue weighted by molar-refractivity contribution is 7.90. The van der Waals surface area contributed by atoms with Crippen LogP contribution in [-0.2, 0) is 10.2 Å². The van der Waals surface area contributed by atoms with Gasteiger partial charge in [0.25, 0.3) is 0 Å². The molecule has 0 fully saturated rings. The topological polar surface area (TPSA) is 71.5 Å². The number of alkyl halides is 3. The molecule has 1 N–H and O–H groups in total. The molecule has 1 aliphatic rings. The summed E-state index contributed by atoms with van der Waals surface area (Å²) in [7, 11) is -2.47. The third-order valence-corrected chi connectivity index (χ3v) is 5.94. The van der Waals surface area contributed by atoms with Crippen molar-refractivity contribution >= 4 is 26.8 Å². The van der Waals surface area contributed by atoms with Crippen LogP contribution in [0.1, 0.15) is 17.2 Å². The zero-order chi connectivity index (χ0) is 20.1. The number of hydrogen-bond donors (Lipinski definition) is 1. The highest BCUT2D eigenvalue weighted by atomic mass is 32.2. The summed E-state index contributed by atoms with van der Waals surface area (Å²) in [6.45, 7) is 0. The van der Waals surface area contributed by atoms with E-state index in [-0.39, 0.29) is 5.75 Å². The van der Waals surface area contributed by atoms with E-state index in [0.29, 0.717) is 22.3 Å². The zero-order valence-electron chi connectivity index (χ0n) is 14.4. The zero-order valence-corrected chi connectivity index (χ0v) is 15.3. The van der Waals surface area contributed by atoms with Gasteiger partial charge in [0.05, 0.1) is 17.2 Å². The Bertz CT molecular complexity index is 1150. The summed E-state index contributed by atoms with van der Waals surface area (Å²) in [4.78, 5) is 4.28. The quantitative estimate of drug-likeness (QED) is 0.699. The number of ether oxygens (including phenoxy) is 1. The molecule has 1 unspecified atom stereocenters. The summed E-state index contributed by atoms with van der Waals surface area (Å²) >= 11 is 0. The highest BCUT2D eigenvalue weighted by Crippen LogP contribution is 2.42. The fourth-order valence-electron chi connectivity index (χ4n) is 3.27. The molecule has 0 saturated heterocycles. The molecule has 0 aliphatic carbocycles. The predicted molar refractivity (Wildman–Crippen MR) is 97.0 cm³/mol. The molecule has 0 radical (unpaired) electrons. The fraction of sp³-hybridized carbons (Fsp3) is 0.167. The maximum Gasteiger partial charge on any atom is 0.573 e. The standard InChI is InChI=1S/C18H14F3N3O3S/c1-24-17(12-4-7-13(8-5-12)27-18(19,20)21)14-9-6-11-3-2-10-22-15(11)16(14)23-28(24,25)26/h2-10,17,23H,1H3. The van der Waals surface area contributed by atoms with Crippen LogP contribution in [0.2, 0.25) is 0 Å². The van der Waals surface area contributed by atoms with Gasteiger partial charge in [0.2, 0.25) is 0 Å². The van der Waals surface area contributed by atoms with Gasteiger partial charge in [0, 0.05) is 24.2 Å². The number of nitrogens with one attached hydrogen (secondary N) is 1. The third kappa shape index (κ3) is 3.25. The lowest BCUT2D eigenvalue weighted by molar-refractivity contribution is -0.274. The molecule has 2 heterocycles. The highest BCUT2D eigenvalue weighted by Gasteiger charge is 2.37. The average Bonchev–Trinajstić information content (AvgIpc) is 2.62. The van der Waals surface area contributed by atoms with Gasteiger partial charge in [-0.15, -0.1) is 13.2 Å². The Morgan fingerprint density at radius 2 is 1.82 bits per heavy atom. The van der Waals surface area contributed by atoms with Crippen LogP contribution in [0.15, 0.2) is 54.7 Å². The third-order valence-electron chi connectivity index (χ3n) is 4.50. The number of hydrogen-bond acceptors (Lipinski definition) is 4. The minimum absolute atomic E-state index is 0.358. The van der Waals surface area contributed by atoms with Crippen LogP contribution in [0, 0.1) is 0 Å². The molecule has 1 atom stereocenters. The van der Waals surface area contributed by atoms with Crippen LogP contribution in [-0.4, -0.2) is 31.1 Å². The maximum atomic E-state index is 12.6. The van der Waals surface area contributed by atoms with E-state index in [1.807, 2.05) is 12.1 Å². The van der Waals surface area contributed by atoms with Crippen molar-refractivity contribution in [3.63, 3.8) is 0 Å². The normalized spacial score (nSPS) is 19.1. The molecule has 3 aromatic rings. The van der Waals surface area contributed by atoms with Crippen LogP contribution in [0.4, 0.5) is 18.9 Å². The molecule has 1 aliphatic heterocycles. The lowest BCUT2D eigenvalue weighted by Gasteiger charge is -2.35. The van der Waals surface area contributed by atoms with Crippen molar-refractivity contribution in [3.8, 4) is 5.75 Å². The Morgan fingerprint density at radius 1 is 1.11 bits per heavy atom. The van der Waals surface area contributed by atoms with E-state index >= 15 is 0 Å². The van der Waals surface area contributed by atoms with Gasteiger partial charge in [-0.05, 0) is 23.8 Å². The van der Waals surface area contributed by atoms with Gasteiger partial charge >= 0.3 is 16.6 Å². The van der Waals surface area contributed by atoms with Gasteiger partial charge in [-0.25, -0.2) is 0 Å². The summed E-state index contributed by atoms with van der Waals surface area (Å²) in [5.74, 6) is -0.379. The molecule has 2 aromatic carbocycles. The van der Waals surface area contributed by atoms with Crippen LogP contribution in [0.25, 0.3) is 10.9 Å². The molecule has 146 valence electrons. The predicted octanol–water partition coefficient (Wildman–Crippen LogP) is 3.82. The molecule has 10 heteroatoms. The van der Waals surface area contributed by atoms with Crippen LogP contribution in [0.3, 0.4) is 0 Å². The first-order chi connectivity index (χ1) is 13.2. The summed E-state index contributed by atoms with van der Waals surface area (Å²) in [5.41, 5.74) is 2.00. The second-order valence-corrected chi connectivity index (χ2v) is 7.98. The monoisotopic (exact) mass is 409 g/mol. The van der Waals surface area contributed by atoms with E-state index in [2.05, 4.69) is 14.4 Å². The number of benzene rings is 2. The van der Waals surface area contributed by atoms with Crippen molar-refractivity contribution in [1.82, 2.24) is 9.29 Å². The molecule has 6 nitrogen and oxygen atoms in total. The number of nitrogens with zero attached hydrogens (tertiary/aromatic N) is 2. The van der Waals surface area contributed by atoms with Crippen molar-refractivity contribution in [3.05, 3.63) is 65.9 Å². The van der Waals surface area contributed by atoms with Crippen molar-refractivity contribution < 1.29 is 26.3 Å². The van der Waals surface area contributed by atoms with Gasteiger partial charge in [-0.2, -0.15) is 12.7 Å². The van der Waals surface area contributed by atoms with Gasteiger partial charge < -0.3 is 4.74 Å². The minimum Gasteiger partial charge on any atom is -0.406 e. The smallest absolute Gasteiger partial charge is 0.406 e. The van der Waals surface area contributed by atoms with Gasteiger partial charge in [0.1, 0.15) is 5.75 Å². The SMILES string of the molecule is CN1C(c2ccc(OC(F)(F)F)cc2)c2ccc3cccnc3c2NS1(=O)=O.